The molecular formula is C23H24Cl2N6O8P2. The molecule has 41 heavy (non-hydrogen) atoms. The molecule has 0 aliphatic carbocycles. The van der Waals surface area contributed by atoms with Crippen molar-refractivity contribution in [1.29, 1.82) is 0 Å². The Kier molecular flexibility index (Phi) is 8.95. The molecule has 14 nitrogen and oxygen atoms in total. The third-order valence-corrected chi connectivity index (χ3v) is 10.4. The minimum Gasteiger partial charge on any atom is -0.424 e. The zero-order valence-electron chi connectivity index (χ0n) is 21.0. The monoisotopic (exact) mass is 644 g/mol. The summed E-state index contributed by atoms with van der Waals surface area (Å²) in [5.74, 6) is -0.755. The number of aliphatic hydroxyl groups excluding tert-OH is 1. The normalized spacial score (nSPS) is 20.7. The van der Waals surface area contributed by atoms with Crippen molar-refractivity contribution < 1.29 is 37.8 Å². The Balaban J connectivity index is 1.31. The molecule has 218 valence electrons. The fourth-order valence-corrected chi connectivity index (χ4v) is 7.71. The highest BCUT2D eigenvalue weighted by atomic mass is 35.5. The highest BCUT2D eigenvalue weighted by molar-refractivity contribution is 7.70. The summed E-state index contributed by atoms with van der Waals surface area (Å²) >= 11 is 12.4. The van der Waals surface area contributed by atoms with Crippen molar-refractivity contribution >= 4 is 55.4 Å². The second-order valence-corrected chi connectivity index (χ2v) is 13.9. The molecule has 2 aromatic carbocycles. The van der Waals surface area contributed by atoms with E-state index in [1.165, 1.54) is 16.8 Å². The smallest absolute Gasteiger partial charge is 0.391 e. The number of ether oxygens (including phenoxy) is 1. The Morgan fingerprint density at radius 3 is 2.54 bits per heavy atom. The van der Waals surface area contributed by atoms with Crippen LogP contribution in [0.3, 0.4) is 0 Å². The van der Waals surface area contributed by atoms with E-state index < -0.39 is 46.1 Å². The maximum absolute atomic E-state index is 13.3. The molecule has 1 aliphatic rings. The largest absolute Gasteiger partial charge is 0.424 e. The Hall–Kier alpha value is -2.64. The van der Waals surface area contributed by atoms with Crippen LogP contribution in [0.5, 0.6) is 5.75 Å². The van der Waals surface area contributed by atoms with Crippen LogP contribution in [0.25, 0.3) is 11.2 Å². The SMILES string of the molecule is O=P(O)(O)C[P@@](=O)(OC[C@H]1O[C@@H](n2nnc3c(NCc4ccccc4Cl)nc(Cl)nc32)C[C@@H]1O)Oc1ccccc1. The third-order valence-electron chi connectivity index (χ3n) is 5.96. The Morgan fingerprint density at radius 2 is 1.80 bits per heavy atom. The van der Waals surface area contributed by atoms with Crippen LogP contribution < -0.4 is 9.84 Å². The number of hydrogen-bond acceptors (Lipinski definition) is 11. The maximum Gasteiger partial charge on any atom is 0.391 e. The number of halogens is 2. The lowest BCUT2D eigenvalue weighted by atomic mass is 10.2. The van der Waals surface area contributed by atoms with Gasteiger partial charge in [-0.3, -0.25) is 9.09 Å². The third kappa shape index (κ3) is 7.42. The van der Waals surface area contributed by atoms with E-state index >= 15 is 0 Å². The van der Waals surface area contributed by atoms with Crippen molar-refractivity contribution in [3.05, 3.63) is 70.5 Å². The Labute approximate surface area is 243 Å². The minimum absolute atomic E-state index is 0.0266. The number of aromatic nitrogens is 5. The zero-order chi connectivity index (χ0) is 29.2. The van der Waals surface area contributed by atoms with E-state index in [1.54, 1.807) is 24.3 Å². The number of para-hydroxylation sites is 1. The summed E-state index contributed by atoms with van der Waals surface area (Å²) in [5.41, 5.74) is 1.34. The molecule has 5 rings (SSSR count). The van der Waals surface area contributed by atoms with E-state index in [4.69, 9.17) is 37.0 Å². The summed E-state index contributed by atoms with van der Waals surface area (Å²) in [6, 6.07) is 15.1. The van der Waals surface area contributed by atoms with Crippen molar-refractivity contribution in [2.45, 2.75) is 31.4 Å². The van der Waals surface area contributed by atoms with Crippen LogP contribution in [0.4, 0.5) is 5.82 Å². The van der Waals surface area contributed by atoms with Gasteiger partial charge in [0, 0.05) is 18.0 Å². The first-order valence-corrected chi connectivity index (χ1v) is 16.4. The van der Waals surface area contributed by atoms with Crippen LogP contribution in [0.1, 0.15) is 18.2 Å². The Morgan fingerprint density at radius 1 is 1.07 bits per heavy atom. The molecule has 4 N–H and O–H groups in total. The molecule has 0 bridgehead atoms. The predicted octanol–water partition coefficient (Wildman–Crippen LogP) is 4.21. The van der Waals surface area contributed by atoms with Gasteiger partial charge in [-0.05, 0) is 35.4 Å². The molecule has 0 spiro atoms. The second kappa shape index (κ2) is 12.3. The van der Waals surface area contributed by atoms with Gasteiger partial charge in [-0.25, -0.2) is 4.57 Å². The topological polar surface area (TPSA) is 191 Å². The highest BCUT2D eigenvalue weighted by Gasteiger charge is 2.41. The Bertz CT molecular complexity index is 1620. The number of hydrogen-bond donors (Lipinski definition) is 4. The van der Waals surface area contributed by atoms with Gasteiger partial charge in [-0.15, -0.1) is 5.10 Å². The van der Waals surface area contributed by atoms with Gasteiger partial charge in [0.25, 0.3) is 0 Å². The van der Waals surface area contributed by atoms with Gasteiger partial charge in [0.1, 0.15) is 11.9 Å². The van der Waals surface area contributed by atoms with Gasteiger partial charge in [-0.1, -0.05) is 53.2 Å². The minimum atomic E-state index is -4.80. The first-order valence-electron chi connectivity index (χ1n) is 12.1. The van der Waals surface area contributed by atoms with Crippen molar-refractivity contribution in [1.82, 2.24) is 25.0 Å². The number of nitrogens with zero attached hydrogens (tertiary/aromatic N) is 5. The lowest BCUT2D eigenvalue weighted by Gasteiger charge is -2.22. The first-order chi connectivity index (χ1) is 19.5. The van der Waals surface area contributed by atoms with Gasteiger partial charge < -0.3 is 29.5 Å². The van der Waals surface area contributed by atoms with Gasteiger partial charge in [-0.2, -0.15) is 14.6 Å². The van der Waals surface area contributed by atoms with Crippen molar-refractivity contribution in [3.8, 4) is 5.75 Å². The van der Waals surface area contributed by atoms with Crippen molar-refractivity contribution in [2.24, 2.45) is 0 Å². The summed E-state index contributed by atoms with van der Waals surface area (Å²) in [7, 11) is -9.15. The van der Waals surface area contributed by atoms with E-state index in [0.717, 1.165) is 5.56 Å². The molecule has 2 aromatic heterocycles. The number of fused-ring (bicyclic) bond motifs is 1. The summed E-state index contributed by atoms with van der Waals surface area (Å²) in [6.45, 7) is -0.165. The lowest BCUT2D eigenvalue weighted by molar-refractivity contribution is -0.0438. The molecule has 0 saturated carbocycles. The van der Waals surface area contributed by atoms with Gasteiger partial charge in [0.2, 0.25) is 5.28 Å². The number of anilines is 1. The molecular weight excluding hydrogens is 621 g/mol. The van der Waals surface area contributed by atoms with Crippen LogP contribution in [-0.2, 0) is 24.9 Å². The standard InChI is InChI=1S/C23H24Cl2N6O8P2/c24-16-9-5-4-6-14(16)11-26-21-20-22(28-23(25)27-21)31(30-29-20)19-10-17(32)18(38-19)12-37-41(36,13-40(33,34)35)39-15-7-2-1-3-8-15/h1-9,17-19,32H,10-13H2,(H,26,27,28)(H2,33,34,35)/t17-,18+,19+,41+/m0/s1. The molecule has 0 radical (unpaired) electrons. The van der Waals surface area contributed by atoms with Crippen LogP contribution in [-0.4, -0.2) is 64.6 Å². The highest BCUT2D eigenvalue weighted by Crippen LogP contribution is 2.59. The fourth-order valence-electron chi connectivity index (χ4n) is 4.11. The zero-order valence-corrected chi connectivity index (χ0v) is 24.3. The summed E-state index contributed by atoms with van der Waals surface area (Å²) in [6.07, 6.45) is -3.01. The maximum atomic E-state index is 13.3. The van der Waals surface area contributed by atoms with Crippen molar-refractivity contribution in [2.75, 3.05) is 17.8 Å². The van der Waals surface area contributed by atoms with Gasteiger partial charge in [0.05, 0.1) is 12.7 Å². The summed E-state index contributed by atoms with van der Waals surface area (Å²) in [4.78, 5) is 27.3. The molecule has 1 saturated heterocycles. The molecule has 0 unspecified atom stereocenters. The van der Waals surface area contributed by atoms with E-state index in [1.807, 2.05) is 18.2 Å². The van der Waals surface area contributed by atoms with E-state index in [2.05, 4.69) is 25.6 Å². The quantitative estimate of drug-likeness (QED) is 0.134. The average Bonchev–Trinajstić information content (AvgIpc) is 3.49. The molecule has 0 amide bonds. The van der Waals surface area contributed by atoms with E-state index in [0.29, 0.717) is 22.9 Å². The second-order valence-electron chi connectivity index (χ2n) is 9.04. The van der Waals surface area contributed by atoms with E-state index in [9.17, 15) is 24.0 Å². The van der Waals surface area contributed by atoms with E-state index in [-0.39, 0.29) is 23.1 Å². The predicted molar refractivity (Wildman–Crippen MR) is 149 cm³/mol. The van der Waals surface area contributed by atoms with Crippen LogP contribution in [0.15, 0.2) is 54.6 Å². The van der Waals surface area contributed by atoms with Gasteiger partial charge in [0.15, 0.2) is 29.1 Å². The average molecular weight is 645 g/mol. The van der Waals surface area contributed by atoms with Crippen molar-refractivity contribution in [3.63, 3.8) is 0 Å². The molecule has 4 atom stereocenters. The molecule has 3 heterocycles. The summed E-state index contributed by atoms with van der Waals surface area (Å²) in [5, 5.41) is 22.5. The summed E-state index contributed by atoms with van der Waals surface area (Å²) < 4.78 is 42.9. The number of benzene rings is 2. The van der Waals surface area contributed by atoms with Crippen LogP contribution in [0, 0.1) is 0 Å². The van der Waals surface area contributed by atoms with Gasteiger partial charge >= 0.3 is 15.2 Å². The lowest BCUT2D eigenvalue weighted by Crippen LogP contribution is -2.26. The molecule has 18 heteroatoms. The number of aliphatic hydroxyl groups is 1. The molecule has 1 aliphatic heterocycles. The number of nitrogens with one attached hydrogen (secondary N) is 1. The van der Waals surface area contributed by atoms with Crippen LogP contribution >= 0.6 is 38.4 Å². The fraction of sp³-hybridized carbons (Fsp3) is 0.304. The molecule has 1 fully saturated rings. The molecule has 4 aromatic rings. The first kappa shape index (κ1) is 29.8. The van der Waals surface area contributed by atoms with Crippen LogP contribution in [0.2, 0.25) is 10.3 Å². The number of rotatable bonds is 11.